The molecule has 0 saturated carbocycles. The van der Waals surface area contributed by atoms with E-state index in [1.165, 1.54) is 24.3 Å². The van der Waals surface area contributed by atoms with E-state index in [0.29, 0.717) is 11.3 Å². The van der Waals surface area contributed by atoms with Crippen molar-refractivity contribution in [3.8, 4) is 0 Å². The van der Waals surface area contributed by atoms with Gasteiger partial charge in [-0.25, -0.2) is 4.79 Å². The second-order valence-electron chi connectivity index (χ2n) is 3.84. The van der Waals surface area contributed by atoms with E-state index in [4.69, 9.17) is 5.11 Å². The topological polar surface area (TPSA) is 66.4 Å². The summed E-state index contributed by atoms with van der Waals surface area (Å²) in [5.74, 6) is -1.28. The van der Waals surface area contributed by atoms with Gasteiger partial charge < -0.3 is 10.4 Å². The number of hydrogen-bond donors (Lipinski definition) is 2. The van der Waals surface area contributed by atoms with E-state index in [2.05, 4.69) is 27.9 Å². The molecule has 2 N–H and O–H groups in total. The van der Waals surface area contributed by atoms with E-state index in [1.54, 1.807) is 0 Å². The van der Waals surface area contributed by atoms with E-state index in [-0.39, 0.29) is 11.5 Å². The quantitative estimate of drug-likeness (QED) is 0.819. The number of halogens is 1. The largest absolute Gasteiger partial charge is 0.478 e. The Morgan fingerprint density at radius 2 is 1.42 bits per heavy atom. The summed E-state index contributed by atoms with van der Waals surface area (Å²) in [5.41, 5.74) is 1.28. The summed E-state index contributed by atoms with van der Waals surface area (Å²) >= 11 is 2.18. The molecule has 0 aliphatic rings. The second-order valence-corrected chi connectivity index (χ2v) is 5.09. The summed E-state index contributed by atoms with van der Waals surface area (Å²) in [6.07, 6.45) is 0. The highest BCUT2D eigenvalue weighted by atomic mass is 127. The van der Waals surface area contributed by atoms with Crippen LogP contribution in [0.1, 0.15) is 20.7 Å². The fourth-order valence-electron chi connectivity index (χ4n) is 1.50. The molecule has 0 aliphatic heterocycles. The zero-order chi connectivity index (χ0) is 13.8. The van der Waals surface area contributed by atoms with Gasteiger partial charge in [-0.05, 0) is 71.1 Å². The minimum atomic E-state index is -1.01. The fraction of sp³-hybridized carbons (Fsp3) is 0. The van der Waals surface area contributed by atoms with E-state index in [9.17, 15) is 9.59 Å². The lowest BCUT2D eigenvalue weighted by Crippen LogP contribution is -2.12. The van der Waals surface area contributed by atoms with Gasteiger partial charge in [-0.1, -0.05) is 0 Å². The maximum atomic E-state index is 11.9. The van der Waals surface area contributed by atoms with Crippen molar-refractivity contribution in [1.82, 2.24) is 0 Å². The molecule has 0 fully saturated rings. The highest BCUT2D eigenvalue weighted by molar-refractivity contribution is 14.1. The molecule has 4 nitrogen and oxygen atoms in total. The second kappa shape index (κ2) is 5.83. The number of carbonyl (C=O) groups excluding carboxylic acids is 1. The Kier molecular flexibility index (Phi) is 4.16. The zero-order valence-electron chi connectivity index (χ0n) is 9.76. The number of carbonyl (C=O) groups is 2. The third-order valence-corrected chi connectivity index (χ3v) is 3.22. The van der Waals surface area contributed by atoms with Gasteiger partial charge in [0.2, 0.25) is 0 Å². The van der Waals surface area contributed by atoms with Gasteiger partial charge in [0.1, 0.15) is 0 Å². The summed E-state index contributed by atoms with van der Waals surface area (Å²) in [5, 5.41) is 11.5. The van der Waals surface area contributed by atoms with Gasteiger partial charge in [-0.2, -0.15) is 0 Å². The predicted molar refractivity (Wildman–Crippen MR) is 80.5 cm³/mol. The molecule has 0 unspecified atom stereocenters. The first-order chi connectivity index (χ1) is 9.06. The fourth-order valence-corrected chi connectivity index (χ4v) is 1.86. The number of benzene rings is 2. The molecule has 2 aromatic rings. The Bertz CT molecular complexity index is 606. The van der Waals surface area contributed by atoms with E-state index in [1.807, 2.05) is 24.3 Å². The number of aromatic carboxylic acids is 1. The summed E-state index contributed by atoms with van der Waals surface area (Å²) in [6, 6.07) is 13.2. The van der Waals surface area contributed by atoms with Crippen molar-refractivity contribution in [3.05, 3.63) is 63.2 Å². The molecule has 0 spiro atoms. The van der Waals surface area contributed by atoms with Gasteiger partial charge in [0.05, 0.1) is 5.56 Å². The molecule has 0 radical (unpaired) electrons. The monoisotopic (exact) mass is 367 g/mol. The number of nitrogens with one attached hydrogen (secondary N) is 1. The molecule has 0 atom stereocenters. The summed E-state index contributed by atoms with van der Waals surface area (Å²) < 4.78 is 1.08. The molecule has 0 heterocycles. The van der Waals surface area contributed by atoms with Crippen molar-refractivity contribution in [2.75, 3.05) is 5.32 Å². The van der Waals surface area contributed by atoms with Crippen LogP contribution < -0.4 is 5.32 Å². The van der Waals surface area contributed by atoms with Crippen molar-refractivity contribution >= 4 is 40.2 Å². The van der Waals surface area contributed by atoms with Gasteiger partial charge in [0.25, 0.3) is 5.91 Å². The van der Waals surface area contributed by atoms with Crippen molar-refractivity contribution in [2.24, 2.45) is 0 Å². The van der Waals surface area contributed by atoms with Crippen LogP contribution in [0.25, 0.3) is 0 Å². The van der Waals surface area contributed by atoms with Gasteiger partial charge in [0.15, 0.2) is 0 Å². The summed E-state index contributed by atoms with van der Waals surface area (Å²) in [4.78, 5) is 22.6. The maximum Gasteiger partial charge on any atom is 0.335 e. The number of hydrogen-bond acceptors (Lipinski definition) is 2. The minimum absolute atomic E-state index is 0.158. The molecule has 0 aliphatic carbocycles. The minimum Gasteiger partial charge on any atom is -0.478 e. The van der Waals surface area contributed by atoms with Crippen LogP contribution in [-0.2, 0) is 0 Å². The van der Waals surface area contributed by atoms with Crippen LogP contribution in [0.5, 0.6) is 0 Å². The third kappa shape index (κ3) is 3.54. The molecule has 2 rings (SSSR count). The molecule has 1 amide bonds. The Balaban J connectivity index is 2.11. The average molecular weight is 367 g/mol. The molecular formula is C14H10INO3. The Morgan fingerprint density at radius 3 is 1.95 bits per heavy atom. The molecule has 96 valence electrons. The van der Waals surface area contributed by atoms with Crippen LogP contribution in [0, 0.1) is 3.57 Å². The lowest BCUT2D eigenvalue weighted by atomic mass is 10.1. The highest BCUT2D eigenvalue weighted by Gasteiger charge is 2.08. The van der Waals surface area contributed by atoms with Crippen molar-refractivity contribution in [2.45, 2.75) is 0 Å². The van der Waals surface area contributed by atoms with Crippen LogP contribution in [0.4, 0.5) is 5.69 Å². The van der Waals surface area contributed by atoms with Crippen LogP contribution in [0.2, 0.25) is 0 Å². The molecule has 0 bridgehead atoms. The lowest BCUT2D eigenvalue weighted by molar-refractivity contribution is 0.0696. The highest BCUT2D eigenvalue weighted by Crippen LogP contribution is 2.13. The van der Waals surface area contributed by atoms with Crippen LogP contribution in [-0.4, -0.2) is 17.0 Å². The Morgan fingerprint density at radius 1 is 0.895 bits per heavy atom. The van der Waals surface area contributed by atoms with Crippen molar-refractivity contribution < 1.29 is 14.7 Å². The van der Waals surface area contributed by atoms with Crippen LogP contribution in [0.15, 0.2) is 48.5 Å². The first-order valence-corrected chi connectivity index (χ1v) is 6.54. The molecule has 0 saturated heterocycles. The number of rotatable bonds is 3. The average Bonchev–Trinajstić information content (AvgIpc) is 2.41. The first-order valence-electron chi connectivity index (χ1n) is 5.46. The molecule has 2 aromatic carbocycles. The molecule has 5 heteroatoms. The number of anilines is 1. The van der Waals surface area contributed by atoms with E-state index < -0.39 is 5.97 Å². The molecule has 19 heavy (non-hydrogen) atoms. The molecule has 0 aromatic heterocycles. The number of carboxylic acid groups (broad SMARTS) is 1. The van der Waals surface area contributed by atoms with Crippen LogP contribution in [0.3, 0.4) is 0 Å². The van der Waals surface area contributed by atoms with E-state index >= 15 is 0 Å². The van der Waals surface area contributed by atoms with Gasteiger partial charge >= 0.3 is 5.97 Å². The Hall–Kier alpha value is -1.89. The van der Waals surface area contributed by atoms with Crippen molar-refractivity contribution in [1.29, 1.82) is 0 Å². The van der Waals surface area contributed by atoms with Gasteiger partial charge in [-0.3, -0.25) is 4.79 Å². The Labute approximate surface area is 123 Å². The molecular weight excluding hydrogens is 357 g/mol. The SMILES string of the molecule is O=C(O)c1ccc(C(=O)Nc2ccc(I)cc2)cc1. The normalized spacial score (nSPS) is 9.95. The standard InChI is InChI=1S/C14H10INO3/c15-11-5-7-12(8-6-11)16-13(17)9-1-3-10(4-2-9)14(18)19/h1-8H,(H,16,17)(H,18,19). The van der Waals surface area contributed by atoms with Crippen molar-refractivity contribution in [3.63, 3.8) is 0 Å². The summed E-state index contributed by atoms with van der Waals surface area (Å²) in [7, 11) is 0. The van der Waals surface area contributed by atoms with Gasteiger partial charge in [0, 0.05) is 14.8 Å². The summed E-state index contributed by atoms with van der Waals surface area (Å²) in [6.45, 7) is 0. The number of amides is 1. The lowest BCUT2D eigenvalue weighted by Gasteiger charge is -2.05. The third-order valence-electron chi connectivity index (χ3n) is 2.50. The zero-order valence-corrected chi connectivity index (χ0v) is 11.9. The maximum absolute atomic E-state index is 11.9. The van der Waals surface area contributed by atoms with Crippen LogP contribution >= 0.6 is 22.6 Å². The number of carboxylic acids is 1. The van der Waals surface area contributed by atoms with Gasteiger partial charge in [-0.15, -0.1) is 0 Å². The predicted octanol–water partition coefficient (Wildman–Crippen LogP) is 3.24. The first kappa shape index (κ1) is 13.5. The smallest absolute Gasteiger partial charge is 0.335 e. The van der Waals surface area contributed by atoms with E-state index in [0.717, 1.165) is 3.57 Å².